The van der Waals surface area contributed by atoms with Crippen molar-refractivity contribution >= 4 is 32.5 Å². The Bertz CT molecular complexity index is 476. The molecule has 79 valence electrons. The normalized spacial score (nSPS) is 10.1. The number of rotatable bonds is 2. The summed E-state index contributed by atoms with van der Waals surface area (Å²) in [5.74, 6) is 0.205. The molecule has 1 aromatic carbocycles. The van der Waals surface area contributed by atoms with E-state index in [4.69, 9.17) is 4.42 Å². The standard InChI is InChI=1S/C12H10GeNO2/c1-14(10-6-4-9(13)5-7-10)12(15)11-3-2-8-16-11/h2-8H,1H3. The minimum atomic E-state index is -0.145. The van der Waals surface area contributed by atoms with Crippen LogP contribution in [-0.2, 0) is 0 Å². The third kappa shape index (κ3) is 2.19. The van der Waals surface area contributed by atoms with Crippen molar-refractivity contribution in [2.75, 3.05) is 11.9 Å². The number of carbonyl (C=O) groups excluding carboxylic acids is 1. The summed E-state index contributed by atoms with van der Waals surface area (Å²) in [6, 6.07) is 11.1. The molecule has 0 N–H and O–H groups in total. The van der Waals surface area contributed by atoms with Crippen LogP contribution in [0.1, 0.15) is 10.6 Å². The van der Waals surface area contributed by atoms with Gasteiger partial charge in [0.1, 0.15) is 0 Å². The molecule has 0 atom stereocenters. The Balaban J connectivity index is 2.22. The van der Waals surface area contributed by atoms with Gasteiger partial charge in [-0.2, -0.15) is 0 Å². The van der Waals surface area contributed by atoms with Gasteiger partial charge in [0.2, 0.25) is 0 Å². The predicted octanol–water partition coefficient (Wildman–Crippen LogP) is 1.35. The zero-order valence-corrected chi connectivity index (χ0v) is 10.9. The van der Waals surface area contributed by atoms with E-state index in [2.05, 4.69) is 0 Å². The van der Waals surface area contributed by atoms with E-state index in [1.54, 1.807) is 24.1 Å². The molecule has 0 fully saturated rings. The van der Waals surface area contributed by atoms with Gasteiger partial charge in [-0.1, -0.05) is 0 Å². The van der Waals surface area contributed by atoms with Crippen LogP contribution < -0.4 is 9.30 Å². The molecule has 0 aliphatic carbocycles. The number of furan rings is 1. The van der Waals surface area contributed by atoms with Gasteiger partial charge in [0.25, 0.3) is 0 Å². The van der Waals surface area contributed by atoms with Crippen LogP contribution in [0.3, 0.4) is 0 Å². The molecule has 0 unspecified atom stereocenters. The number of amides is 1. The van der Waals surface area contributed by atoms with E-state index in [0.29, 0.717) is 5.76 Å². The molecule has 0 bridgehead atoms. The summed E-state index contributed by atoms with van der Waals surface area (Å²) in [7, 11) is 1.73. The van der Waals surface area contributed by atoms with E-state index in [1.165, 1.54) is 10.7 Å². The molecule has 0 saturated carbocycles. The van der Waals surface area contributed by atoms with E-state index in [9.17, 15) is 4.79 Å². The second-order valence-electron chi connectivity index (χ2n) is 3.39. The number of anilines is 1. The van der Waals surface area contributed by atoms with Gasteiger partial charge in [0.15, 0.2) is 0 Å². The third-order valence-corrected chi connectivity index (χ3v) is 2.99. The molecule has 1 heterocycles. The average molecular weight is 273 g/mol. The first-order valence-electron chi connectivity index (χ1n) is 4.82. The van der Waals surface area contributed by atoms with Gasteiger partial charge in [-0.25, -0.2) is 0 Å². The summed E-state index contributed by atoms with van der Waals surface area (Å²) in [5.41, 5.74) is 0.854. The summed E-state index contributed by atoms with van der Waals surface area (Å²) in [5, 5.41) is 0. The number of benzene rings is 1. The maximum absolute atomic E-state index is 11.9. The minimum absolute atomic E-state index is 0.145. The Morgan fingerprint density at radius 3 is 2.50 bits per heavy atom. The summed E-state index contributed by atoms with van der Waals surface area (Å²) < 4.78 is 6.24. The van der Waals surface area contributed by atoms with E-state index >= 15 is 0 Å². The maximum atomic E-state index is 11.9. The van der Waals surface area contributed by atoms with Crippen molar-refractivity contribution in [3.8, 4) is 0 Å². The summed E-state index contributed by atoms with van der Waals surface area (Å²) in [4.78, 5) is 13.5. The molecule has 2 aromatic rings. The third-order valence-electron chi connectivity index (χ3n) is 2.29. The van der Waals surface area contributed by atoms with Gasteiger partial charge in [-0.15, -0.1) is 0 Å². The van der Waals surface area contributed by atoms with Crippen molar-refractivity contribution < 1.29 is 9.21 Å². The molecule has 3 radical (unpaired) electrons. The van der Waals surface area contributed by atoms with Crippen LogP contribution in [0.15, 0.2) is 47.1 Å². The van der Waals surface area contributed by atoms with E-state index in [-0.39, 0.29) is 5.91 Å². The molecule has 1 amide bonds. The van der Waals surface area contributed by atoms with Crippen molar-refractivity contribution in [1.82, 2.24) is 0 Å². The summed E-state index contributed by atoms with van der Waals surface area (Å²) >= 11 is 2.01. The number of hydrogen-bond acceptors (Lipinski definition) is 2. The fourth-order valence-corrected chi connectivity index (χ4v) is 1.72. The van der Waals surface area contributed by atoms with Crippen LogP contribution in [0.5, 0.6) is 0 Å². The summed E-state index contributed by atoms with van der Waals surface area (Å²) in [6.07, 6.45) is 1.50. The average Bonchev–Trinajstić information content (AvgIpc) is 2.81. The first-order chi connectivity index (χ1) is 7.68. The van der Waals surface area contributed by atoms with Gasteiger partial charge < -0.3 is 0 Å². The first-order valence-corrected chi connectivity index (χ1v) is 5.86. The van der Waals surface area contributed by atoms with Crippen LogP contribution >= 0.6 is 0 Å². The Hall–Kier alpha value is -1.49. The van der Waals surface area contributed by atoms with Crippen molar-refractivity contribution in [3.63, 3.8) is 0 Å². The van der Waals surface area contributed by atoms with Crippen molar-refractivity contribution in [2.45, 2.75) is 0 Å². The van der Waals surface area contributed by atoms with Gasteiger partial charge in [-0.3, -0.25) is 0 Å². The fourth-order valence-electron chi connectivity index (χ4n) is 1.37. The van der Waals surface area contributed by atoms with Gasteiger partial charge >= 0.3 is 102 Å². The molecule has 2 rings (SSSR count). The molecule has 0 aliphatic rings. The molecule has 0 aliphatic heterocycles. The molecule has 3 nitrogen and oxygen atoms in total. The Labute approximate surface area is 102 Å². The summed E-state index contributed by atoms with van der Waals surface area (Å²) in [6.45, 7) is 0. The van der Waals surface area contributed by atoms with E-state index in [1.807, 2.05) is 40.8 Å². The monoisotopic (exact) mass is 274 g/mol. The van der Waals surface area contributed by atoms with Crippen molar-refractivity contribution in [1.29, 1.82) is 0 Å². The van der Waals surface area contributed by atoms with Crippen molar-refractivity contribution in [3.05, 3.63) is 48.4 Å². The second kappa shape index (κ2) is 4.57. The molecule has 1 aromatic heterocycles. The van der Waals surface area contributed by atoms with E-state index in [0.717, 1.165) is 5.69 Å². The van der Waals surface area contributed by atoms with Crippen LogP contribution in [0.25, 0.3) is 0 Å². The molecule has 0 spiro atoms. The number of nitrogens with zero attached hydrogens (tertiary/aromatic N) is 1. The van der Waals surface area contributed by atoms with Gasteiger partial charge in [0, 0.05) is 0 Å². The first kappa shape index (κ1) is 11.0. The Morgan fingerprint density at radius 2 is 1.94 bits per heavy atom. The zero-order valence-electron chi connectivity index (χ0n) is 8.81. The Morgan fingerprint density at radius 1 is 1.25 bits per heavy atom. The van der Waals surface area contributed by atoms with Crippen molar-refractivity contribution in [2.24, 2.45) is 0 Å². The predicted molar refractivity (Wildman–Crippen MR) is 63.3 cm³/mol. The number of hydrogen-bond donors (Lipinski definition) is 0. The molecule has 0 saturated heterocycles. The quantitative estimate of drug-likeness (QED) is 0.774. The van der Waals surface area contributed by atoms with Crippen LogP contribution in [-0.4, -0.2) is 29.5 Å². The van der Waals surface area contributed by atoms with Crippen LogP contribution in [0.2, 0.25) is 0 Å². The molecule has 16 heavy (non-hydrogen) atoms. The molecule has 4 heteroatoms. The molecular formula is C12H10GeNO2. The SMILES string of the molecule is CN(C(=O)c1ccco1)c1cc[c]([Ge])cc1. The topological polar surface area (TPSA) is 33.5 Å². The molecular weight excluding hydrogens is 263 g/mol. The van der Waals surface area contributed by atoms with Crippen LogP contribution in [0, 0.1) is 0 Å². The Kier molecular flexibility index (Phi) is 3.15. The number of carbonyl (C=O) groups is 1. The van der Waals surface area contributed by atoms with Gasteiger partial charge in [0.05, 0.1) is 0 Å². The van der Waals surface area contributed by atoms with Gasteiger partial charge in [-0.05, 0) is 0 Å². The van der Waals surface area contributed by atoms with Crippen LogP contribution in [0.4, 0.5) is 5.69 Å². The zero-order chi connectivity index (χ0) is 11.5. The van der Waals surface area contributed by atoms with E-state index < -0.39 is 0 Å². The second-order valence-corrected chi connectivity index (χ2v) is 4.60. The fraction of sp³-hybridized carbons (Fsp3) is 0.0833.